The fourth-order valence-electron chi connectivity index (χ4n) is 3.95. The van der Waals surface area contributed by atoms with E-state index < -0.39 is 11.2 Å². The van der Waals surface area contributed by atoms with Gasteiger partial charge in [-0.2, -0.15) is 14.6 Å². The van der Waals surface area contributed by atoms with Crippen LogP contribution in [0.25, 0.3) is 0 Å². The van der Waals surface area contributed by atoms with Gasteiger partial charge in [0.05, 0.1) is 18.0 Å². The molecular formula is C24H27FN4O3. The van der Waals surface area contributed by atoms with E-state index in [0.29, 0.717) is 19.5 Å². The summed E-state index contributed by atoms with van der Waals surface area (Å²) < 4.78 is 26.5. The van der Waals surface area contributed by atoms with Crippen molar-refractivity contribution < 1.29 is 18.7 Å². The van der Waals surface area contributed by atoms with Crippen molar-refractivity contribution in [1.82, 2.24) is 9.97 Å². The van der Waals surface area contributed by atoms with Crippen molar-refractivity contribution in [3.63, 3.8) is 0 Å². The number of hydrogen-bond donors (Lipinski definition) is 0. The summed E-state index contributed by atoms with van der Waals surface area (Å²) in [4.78, 5) is 21.2. The number of halogens is 1. The standard InChI is InChI=1S/C24H27FN4O3/c1-16(11-17(2)30)18-3-5-19(6-4-18)32-20-7-10-29(12-20)22-21(25)23(28-15-27-22)31-14-24(13-26)8-9-24/h3-6,15-16,20H,7-12,14H2,1-2H3/t16-,20-/m1/s1. The van der Waals surface area contributed by atoms with Crippen LogP contribution in [0.15, 0.2) is 30.6 Å². The smallest absolute Gasteiger partial charge is 0.255 e. The number of nitrogens with zero attached hydrogens (tertiary/aromatic N) is 4. The molecule has 32 heavy (non-hydrogen) atoms. The molecule has 2 fully saturated rings. The second kappa shape index (κ2) is 9.11. The van der Waals surface area contributed by atoms with Crippen LogP contribution in [-0.4, -0.2) is 41.6 Å². The highest BCUT2D eigenvalue weighted by molar-refractivity contribution is 5.76. The van der Waals surface area contributed by atoms with Crippen molar-refractivity contribution in [3.05, 3.63) is 42.0 Å². The van der Waals surface area contributed by atoms with E-state index in [1.54, 1.807) is 6.92 Å². The predicted octanol–water partition coefficient (Wildman–Crippen LogP) is 4.04. The molecule has 1 saturated carbocycles. The Morgan fingerprint density at radius 1 is 1.34 bits per heavy atom. The molecule has 2 heterocycles. The van der Waals surface area contributed by atoms with Gasteiger partial charge >= 0.3 is 0 Å². The molecule has 7 nitrogen and oxygen atoms in total. The van der Waals surface area contributed by atoms with Gasteiger partial charge in [-0.15, -0.1) is 0 Å². The predicted molar refractivity (Wildman–Crippen MR) is 116 cm³/mol. The molecule has 1 aromatic heterocycles. The molecule has 0 N–H and O–H groups in total. The molecule has 1 saturated heterocycles. The maximum atomic E-state index is 14.9. The highest BCUT2D eigenvalue weighted by atomic mass is 19.1. The molecule has 1 aliphatic carbocycles. The van der Waals surface area contributed by atoms with Crippen LogP contribution in [-0.2, 0) is 4.79 Å². The number of rotatable bonds is 9. The maximum Gasteiger partial charge on any atom is 0.255 e. The van der Waals surface area contributed by atoms with E-state index >= 15 is 0 Å². The number of Topliss-reactive ketones (excluding diaryl/α,β-unsaturated/α-hetero) is 1. The Labute approximate surface area is 187 Å². The largest absolute Gasteiger partial charge is 0.489 e. The van der Waals surface area contributed by atoms with Crippen molar-refractivity contribution >= 4 is 11.6 Å². The molecule has 0 spiro atoms. The Balaban J connectivity index is 1.35. The molecule has 0 amide bonds. The molecule has 2 aromatic rings. The number of nitriles is 1. The number of ketones is 1. The van der Waals surface area contributed by atoms with Crippen LogP contribution < -0.4 is 14.4 Å². The fraction of sp³-hybridized carbons (Fsp3) is 0.500. The Morgan fingerprint density at radius 3 is 2.75 bits per heavy atom. The summed E-state index contributed by atoms with van der Waals surface area (Å²) in [5.41, 5.74) is 0.601. The first-order valence-electron chi connectivity index (χ1n) is 10.9. The van der Waals surface area contributed by atoms with E-state index in [1.807, 2.05) is 36.1 Å². The minimum atomic E-state index is -0.606. The zero-order chi connectivity index (χ0) is 22.7. The fourth-order valence-corrected chi connectivity index (χ4v) is 3.95. The van der Waals surface area contributed by atoms with Gasteiger partial charge in [-0.1, -0.05) is 19.1 Å². The summed E-state index contributed by atoms with van der Waals surface area (Å²) in [5.74, 6) is 0.558. The number of carbonyl (C=O) groups is 1. The molecule has 1 aliphatic heterocycles. The van der Waals surface area contributed by atoms with Crippen molar-refractivity contribution in [3.8, 4) is 17.7 Å². The van der Waals surface area contributed by atoms with Gasteiger partial charge in [-0.25, -0.2) is 4.98 Å². The molecule has 168 valence electrons. The molecule has 8 heteroatoms. The number of carbonyl (C=O) groups excluding carboxylic acids is 1. The minimum absolute atomic E-state index is 0.0949. The molecule has 4 rings (SSSR count). The second-order valence-corrected chi connectivity index (χ2v) is 8.85. The van der Waals surface area contributed by atoms with Gasteiger partial charge in [0.2, 0.25) is 5.82 Å². The third-order valence-corrected chi connectivity index (χ3v) is 6.11. The highest BCUT2D eigenvalue weighted by Crippen LogP contribution is 2.45. The Hall–Kier alpha value is -3.21. The van der Waals surface area contributed by atoms with Crippen LogP contribution in [0.1, 0.15) is 51.0 Å². The van der Waals surface area contributed by atoms with Gasteiger partial charge in [0.15, 0.2) is 5.82 Å². The average molecular weight is 439 g/mol. The second-order valence-electron chi connectivity index (χ2n) is 8.85. The molecule has 0 bridgehead atoms. The summed E-state index contributed by atoms with van der Waals surface area (Å²) in [6, 6.07) is 10.0. The van der Waals surface area contributed by atoms with Gasteiger partial charge in [0.25, 0.3) is 5.88 Å². The summed E-state index contributed by atoms with van der Waals surface area (Å²) in [5, 5.41) is 9.17. The van der Waals surface area contributed by atoms with Crippen molar-refractivity contribution in [2.24, 2.45) is 5.41 Å². The molecule has 0 radical (unpaired) electrons. The van der Waals surface area contributed by atoms with Gasteiger partial charge in [-0.05, 0) is 43.4 Å². The Morgan fingerprint density at radius 2 is 2.09 bits per heavy atom. The SMILES string of the molecule is CC(=O)C[C@@H](C)c1ccc(O[C@@H]2CCN(c3ncnc(OCC4(C#N)CC4)c3F)C2)cc1. The summed E-state index contributed by atoms with van der Waals surface area (Å²) >= 11 is 0. The normalized spacial score (nSPS) is 19.8. The number of benzene rings is 1. The van der Waals surface area contributed by atoms with Crippen molar-refractivity contribution in [1.29, 1.82) is 5.26 Å². The van der Waals surface area contributed by atoms with Crippen LogP contribution in [0.3, 0.4) is 0 Å². The van der Waals surface area contributed by atoms with Crippen LogP contribution in [0.4, 0.5) is 10.2 Å². The topological polar surface area (TPSA) is 88.3 Å². The molecule has 1 aromatic carbocycles. The summed E-state index contributed by atoms with van der Waals surface area (Å²) in [6.45, 7) is 4.88. The van der Waals surface area contributed by atoms with E-state index in [1.165, 1.54) is 6.33 Å². The summed E-state index contributed by atoms with van der Waals surface area (Å²) in [6.07, 6.45) is 3.98. The number of hydrogen-bond acceptors (Lipinski definition) is 7. The maximum absolute atomic E-state index is 14.9. The lowest BCUT2D eigenvalue weighted by Crippen LogP contribution is -2.26. The van der Waals surface area contributed by atoms with Gasteiger partial charge in [0, 0.05) is 19.4 Å². The number of aromatic nitrogens is 2. The van der Waals surface area contributed by atoms with Crippen LogP contribution in [0.5, 0.6) is 11.6 Å². The zero-order valence-corrected chi connectivity index (χ0v) is 18.4. The first-order valence-corrected chi connectivity index (χ1v) is 10.9. The monoisotopic (exact) mass is 438 g/mol. The Kier molecular flexibility index (Phi) is 6.26. The quantitative estimate of drug-likeness (QED) is 0.584. The molecular weight excluding hydrogens is 411 g/mol. The van der Waals surface area contributed by atoms with Crippen molar-refractivity contribution in [2.75, 3.05) is 24.6 Å². The van der Waals surface area contributed by atoms with E-state index in [9.17, 15) is 9.18 Å². The van der Waals surface area contributed by atoms with Gasteiger partial charge < -0.3 is 19.2 Å². The third kappa shape index (κ3) is 4.98. The zero-order valence-electron chi connectivity index (χ0n) is 18.4. The van der Waals surface area contributed by atoms with E-state index in [4.69, 9.17) is 14.7 Å². The number of anilines is 1. The van der Waals surface area contributed by atoms with E-state index in [-0.39, 0.29) is 36.1 Å². The lowest BCUT2D eigenvalue weighted by molar-refractivity contribution is -0.117. The summed E-state index contributed by atoms with van der Waals surface area (Å²) in [7, 11) is 0. The first-order chi connectivity index (χ1) is 15.4. The van der Waals surface area contributed by atoms with Gasteiger partial charge in [0.1, 0.15) is 30.6 Å². The molecule has 2 aliphatic rings. The lowest BCUT2D eigenvalue weighted by Gasteiger charge is -2.19. The molecule has 2 atom stereocenters. The van der Waals surface area contributed by atoms with Gasteiger partial charge in [-0.3, -0.25) is 0 Å². The first kappa shape index (κ1) is 22.0. The minimum Gasteiger partial charge on any atom is -0.489 e. The van der Waals surface area contributed by atoms with Crippen LogP contribution in [0.2, 0.25) is 0 Å². The van der Waals surface area contributed by atoms with Crippen LogP contribution in [0, 0.1) is 22.6 Å². The van der Waals surface area contributed by atoms with Crippen molar-refractivity contribution in [2.45, 2.75) is 51.6 Å². The highest BCUT2D eigenvalue weighted by Gasteiger charge is 2.44. The third-order valence-electron chi connectivity index (χ3n) is 6.11. The molecule has 0 unspecified atom stereocenters. The average Bonchev–Trinajstić information content (AvgIpc) is 3.42. The van der Waals surface area contributed by atoms with E-state index in [0.717, 1.165) is 30.6 Å². The lowest BCUT2D eigenvalue weighted by atomic mass is 9.96. The Bertz CT molecular complexity index is 1020. The van der Waals surface area contributed by atoms with E-state index in [2.05, 4.69) is 16.0 Å². The van der Waals surface area contributed by atoms with Crippen LogP contribution >= 0.6 is 0 Å². The number of ether oxygens (including phenoxy) is 2.